The zero-order valence-corrected chi connectivity index (χ0v) is 10.5. The Morgan fingerprint density at radius 1 is 1.42 bits per heavy atom. The molecule has 1 aromatic heterocycles. The van der Waals surface area contributed by atoms with Gasteiger partial charge in [0, 0.05) is 6.07 Å². The number of carbonyl (C=O) groups is 1. The molecule has 0 aliphatic rings. The first kappa shape index (κ1) is 12.8. The van der Waals surface area contributed by atoms with Crippen molar-refractivity contribution < 1.29 is 9.32 Å². The molecular weight excluding hydrogens is 242 g/mol. The molecule has 0 bridgehead atoms. The number of nitrogens with one attached hydrogen (secondary N) is 1. The molecule has 1 aromatic carbocycles. The van der Waals surface area contributed by atoms with Crippen molar-refractivity contribution >= 4 is 5.91 Å². The monoisotopic (exact) mass is 255 g/mol. The topological polar surface area (TPSA) is 78.9 Å². The van der Waals surface area contributed by atoms with Crippen LogP contribution in [0.2, 0.25) is 0 Å². The second-order valence-electron chi connectivity index (χ2n) is 4.20. The van der Waals surface area contributed by atoms with Gasteiger partial charge in [0.2, 0.25) is 5.91 Å². The lowest BCUT2D eigenvalue weighted by Gasteiger charge is -2.03. The lowest BCUT2D eigenvalue weighted by atomic mass is 10.1. The van der Waals surface area contributed by atoms with Crippen LogP contribution in [0.5, 0.6) is 0 Å². The molecule has 0 aliphatic carbocycles. The summed E-state index contributed by atoms with van der Waals surface area (Å²) in [5, 5.41) is 15.2. The van der Waals surface area contributed by atoms with Crippen molar-refractivity contribution in [2.75, 3.05) is 0 Å². The molecule has 5 nitrogen and oxygen atoms in total. The summed E-state index contributed by atoms with van der Waals surface area (Å²) in [5.41, 5.74) is 2.24. The number of amides is 1. The van der Waals surface area contributed by atoms with E-state index in [1.54, 1.807) is 30.3 Å². The molecule has 19 heavy (non-hydrogen) atoms. The van der Waals surface area contributed by atoms with Crippen LogP contribution < -0.4 is 5.32 Å². The molecule has 0 fully saturated rings. The zero-order valence-electron chi connectivity index (χ0n) is 10.5. The summed E-state index contributed by atoms with van der Waals surface area (Å²) < 4.78 is 4.99. The average Bonchev–Trinajstić information content (AvgIpc) is 2.83. The minimum absolute atomic E-state index is 0.0984. The van der Waals surface area contributed by atoms with Crippen LogP contribution in [0.25, 0.3) is 0 Å². The van der Waals surface area contributed by atoms with Crippen molar-refractivity contribution in [3.05, 3.63) is 52.9 Å². The molecule has 5 heteroatoms. The van der Waals surface area contributed by atoms with Crippen molar-refractivity contribution in [1.82, 2.24) is 10.5 Å². The molecule has 2 rings (SSSR count). The molecule has 0 spiro atoms. The van der Waals surface area contributed by atoms with Crippen molar-refractivity contribution in [1.29, 1.82) is 5.26 Å². The summed E-state index contributed by atoms with van der Waals surface area (Å²) in [4.78, 5) is 11.7. The molecule has 96 valence electrons. The third-order valence-corrected chi connectivity index (χ3v) is 2.58. The summed E-state index contributed by atoms with van der Waals surface area (Å²) in [5.74, 6) is 0.532. The number of nitrogens with zero attached hydrogens (tertiary/aromatic N) is 2. The van der Waals surface area contributed by atoms with Crippen LogP contribution in [0.1, 0.15) is 22.6 Å². The van der Waals surface area contributed by atoms with Gasteiger partial charge in [0.25, 0.3) is 0 Å². The highest BCUT2D eigenvalue weighted by Crippen LogP contribution is 2.05. The van der Waals surface area contributed by atoms with Gasteiger partial charge in [-0.3, -0.25) is 4.79 Å². The van der Waals surface area contributed by atoms with Gasteiger partial charge in [-0.1, -0.05) is 17.3 Å². The van der Waals surface area contributed by atoms with E-state index in [0.717, 1.165) is 11.3 Å². The predicted octanol–water partition coefficient (Wildman–Crippen LogP) is 1.71. The molecule has 0 saturated heterocycles. The molecular formula is C14H13N3O2. The van der Waals surface area contributed by atoms with Gasteiger partial charge in [-0.25, -0.2) is 0 Å². The largest absolute Gasteiger partial charge is 0.359 e. The van der Waals surface area contributed by atoms with E-state index in [0.29, 0.717) is 17.9 Å². The number of aryl methyl sites for hydroxylation is 1. The fourth-order valence-electron chi connectivity index (χ4n) is 1.63. The van der Waals surface area contributed by atoms with E-state index in [2.05, 4.69) is 10.5 Å². The minimum Gasteiger partial charge on any atom is -0.359 e. The van der Waals surface area contributed by atoms with E-state index in [1.165, 1.54) is 0 Å². The highest BCUT2D eigenvalue weighted by atomic mass is 16.5. The summed E-state index contributed by atoms with van der Waals surface area (Å²) >= 11 is 0. The van der Waals surface area contributed by atoms with E-state index in [4.69, 9.17) is 9.78 Å². The SMILES string of the molecule is Cc1cc(CNC(=O)Cc2ccc(C#N)cc2)on1. The molecule has 1 N–H and O–H groups in total. The molecule has 1 heterocycles. The first-order chi connectivity index (χ1) is 9.17. The number of aromatic nitrogens is 1. The Kier molecular flexibility index (Phi) is 3.94. The van der Waals surface area contributed by atoms with Crippen molar-refractivity contribution in [3.63, 3.8) is 0 Å². The van der Waals surface area contributed by atoms with Gasteiger partial charge in [0.1, 0.15) is 0 Å². The van der Waals surface area contributed by atoms with E-state index in [1.807, 2.05) is 13.0 Å². The number of nitriles is 1. The first-order valence-corrected chi connectivity index (χ1v) is 5.85. The molecule has 1 amide bonds. The van der Waals surface area contributed by atoms with Gasteiger partial charge in [0.15, 0.2) is 5.76 Å². The quantitative estimate of drug-likeness (QED) is 0.902. The van der Waals surface area contributed by atoms with Gasteiger partial charge in [-0.15, -0.1) is 0 Å². The normalized spacial score (nSPS) is 9.89. The Labute approximate surface area is 110 Å². The van der Waals surface area contributed by atoms with Crippen LogP contribution in [-0.4, -0.2) is 11.1 Å². The zero-order chi connectivity index (χ0) is 13.7. The van der Waals surface area contributed by atoms with Gasteiger partial charge in [-0.2, -0.15) is 5.26 Å². The summed E-state index contributed by atoms with van der Waals surface area (Å²) in [6.07, 6.45) is 0.277. The highest BCUT2D eigenvalue weighted by Gasteiger charge is 2.06. The van der Waals surface area contributed by atoms with Crippen LogP contribution in [0.4, 0.5) is 0 Å². The molecule has 0 radical (unpaired) electrons. The average molecular weight is 255 g/mol. The third-order valence-electron chi connectivity index (χ3n) is 2.58. The number of hydrogen-bond acceptors (Lipinski definition) is 4. The fraction of sp³-hybridized carbons (Fsp3) is 0.214. The standard InChI is InChI=1S/C14H13N3O2/c1-10-6-13(19-17-10)9-16-14(18)7-11-2-4-12(8-15)5-3-11/h2-6H,7,9H2,1H3,(H,16,18). The lowest BCUT2D eigenvalue weighted by Crippen LogP contribution is -2.24. The Morgan fingerprint density at radius 3 is 2.74 bits per heavy atom. The molecule has 0 aliphatic heterocycles. The Hall–Kier alpha value is -2.61. The molecule has 2 aromatic rings. The van der Waals surface area contributed by atoms with Crippen LogP contribution >= 0.6 is 0 Å². The fourth-order valence-corrected chi connectivity index (χ4v) is 1.63. The van der Waals surface area contributed by atoms with E-state index in [9.17, 15) is 4.79 Å². The Morgan fingerprint density at radius 2 is 2.16 bits per heavy atom. The van der Waals surface area contributed by atoms with Crippen LogP contribution in [0.3, 0.4) is 0 Å². The Bertz CT molecular complexity index is 608. The van der Waals surface area contributed by atoms with Gasteiger partial charge < -0.3 is 9.84 Å². The summed E-state index contributed by atoms with van der Waals surface area (Å²) in [7, 11) is 0. The Balaban J connectivity index is 1.85. The number of rotatable bonds is 4. The predicted molar refractivity (Wildman–Crippen MR) is 67.9 cm³/mol. The molecule has 0 saturated carbocycles. The smallest absolute Gasteiger partial charge is 0.224 e. The first-order valence-electron chi connectivity index (χ1n) is 5.85. The van der Waals surface area contributed by atoms with Crippen molar-refractivity contribution in [3.8, 4) is 6.07 Å². The molecule has 0 unspecified atom stereocenters. The van der Waals surface area contributed by atoms with Crippen molar-refractivity contribution in [2.45, 2.75) is 19.9 Å². The second-order valence-corrected chi connectivity index (χ2v) is 4.20. The van der Waals surface area contributed by atoms with Crippen LogP contribution in [0, 0.1) is 18.3 Å². The maximum absolute atomic E-state index is 11.7. The maximum atomic E-state index is 11.7. The third kappa shape index (κ3) is 3.68. The van der Waals surface area contributed by atoms with Gasteiger partial charge in [0.05, 0.1) is 30.3 Å². The van der Waals surface area contributed by atoms with Crippen LogP contribution in [0.15, 0.2) is 34.9 Å². The highest BCUT2D eigenvalue weighted by molar-refractivity contribution is 5.78. The van der Waals surface area contributed by atoms with E-state index < -0.39 is 0 Å². The summed E-state index contributed by atoms with van der Waals surface area (Å²) in [6, 6.07) is 10.8. The second kappa shape index (κ2) is 5.83. The minimum atomic E-state index is -0.0984. The number of benzene rings is 1. The molecule has 0 atom stereocenters. The van der Waals surface area contributed by atoms with Crippen molar-refractivity contribution in [2.24, 2.45) is 0 Å². The summed E-state index contributed by atoms with van der Waals surface area (Å²) in [6.45, 7) is 2.15. The van der Waals surface area contributed by atoms with Crippen LogP contribution in [-0.2, 0) is 17.8 Å². The lowest BCUT2D eigenvalue weighted by molar-refractivity contribution is -0.120. The van der Waals surface area contributed by atoms with Gasteiger partial charge >= 0.3 is 0 Å². The maximum Gasteiger partial charge on any atom is 0.224 e. The van der Waals surface area contributed by atoms with E-state index >= 15 is 0 Å². The van der Waals surface area contributed by atoms with E-state index in [-0.39, 0.29) is 12.3 Å². The number of carbonyl (C=O) groups excluding carboxylic acids is 1. The van der Waals surface area contributed by atoms with Gasteiger partial charge in [-0.05, 0) is 24.6 Å². The number of hydrogen-bond donors (Lipinski definition) is 1.